The summed E-state index contributed by atoms with van der Waals surface area (Å²) in [6.45, 7) is 3.65. The van der Waals surface area contributed by atoms with Gasteiger partial charge in [0.15, 0.2) is 0 Å². The molecule has 98 valence electrons. The van der Waals surface area contributed by atoms with Crippen LogP contribution in [0.5, 0.6) is 0 Å². The number of hydrogen-bond donors (Lipinski definition) is 1. The Morgan fingerprint density at radius 2 is 2.21 bits per heavy atom. The molecule has 5 nitrogen and oxygen atoms in total. The van der Waals surface area contributed by atoms with Crippen molar-refractivity contribution in [3.63, 3.8) is 0 Å². The second kappa shape index (κ2) is 5.56. The Balaban J connectivity index is 2.48. The Labute approximate surface area is 111 Å². The highest BCUT2D eigenvalue weighted by atomic mass is 16.4. The van der Waals surface area contributed by atoms with Crippen molar-refractivity contribution in [1.82, 2.24) is 15.0 Å². The molecule has 0 bridgehead atoms. The van der Waals surface area contributed by atoms with Crippen LogP contribution in [0.2, 0.25) is 0 Å². The zero-order valence-corrected chi connectivity index (χ0v) is 10.9. The number of carboxylic acid groups (broad SMARTS) is 1. The second-order valence-corrected chi connectivity index (χ2v) is 4.29. The van der Waals surface area contributed by atoms with Crippen LogP contribution in [0.4, 0.5) is 0 Å². The molecule has 2 aromatic heterocycles. The average Bonchev–Trinajstić information content (AvgIpc) is 2.39. The fourth-order valence-electron chi connectivity index (χ4n) is 1.88. The van der Waals surface area contributed by atoms with E-state index in [1.807, 2.05) is 32.0 Å². The molecule has 19 heavy (non-hydrogen) atoms. The van der Waals surface area contributed by atoms with E-state index >= 15 is 0 Å². The summed E-state index contributed by atoms with van der Waals surface area (Å²) in [7, 11) is 0. The van der Waals surface area contributed by atoms with Gasteiger partial charge in [0.25, 0.3) is 0 Å². The molecule has 0 aromatic carbocycles. The van der Waals surface area contributed by atoms with Gasteiger partial charge in [0.05, 0.1) is 5.69 Å². The van der Waals surface area contributed by atoms with E-state index in [9.17, 15) is 9.90 Å². The molecule has 0 aliphatic heterocycles. The van der Waals surface area contributed by atoms with Crippen LogP contribution in [-0.4, -0.2) is 26.0 Å². The summed E-state index contributed by atoms with van der Waals surface area (Å²) in [6, 6.07) is 5.54. The number of aryl methyl sites for hydroxylation is 1. The number of hydrogen-bond acceptors (Lipinski definition) is 4. The van der Waals surface area contributed by atoms with Gasteiger partial charge in [-0.15, -0.1) is 0 Å². The molecule has 0 aliphatic rings. The maximum absolute atomic E-state index is 11.2. The number of rotatable bonds is 4. The summed E-state index contributed by atoms with van der Waals surface area (Å²) in [5.74, 6) is -1.21. The van der Waals surface area contributed by atoms with Crippen molar-refractivity contribution in [2.45, 2.75) is 26.2 Å². The fraction of sp³-hybridized carbons (Fsp3) is 0.286. The summed E-state index contributed by atoms with van der Waals surface area (Å²) < 4.78 is 0. The lowest BCUT2D eigenvalue weighted by Crippen LogP contribution is -2.15. The van der Waals surface area contributed by atoms with E-state index in [2.05, 4.69) is 15.0 Å². The first kappa shape index (κ1) is 13.1. The highest BCUT2D eigenvalue weighted by molar-refractivity contribution is 5.75. The summed E-state index contributed by atoms with van der Waals surface area (Å²) in [5, 5.41) is 9.19. The third kappa shape index (κ3) is 2.93. The van der Waals surface area contributed by atoms with Crippen LogP contribution >= 0.6 is 0 Å². The number of aliphatic carboxylic acids is 1. The Hall–Kier alpha value is -2.30. The van der Waals surface area contributed by atoms with Crippen LogP contribution in [-0.2, 0) is 4.79 Å². The van der Waals surface area contributed by atoms with Crippen LogP contribution in [0.1, 0.15) is 30.8 Å². The van der Waals surface area contributed by atoms with Gasteiger partial charge in [-0.1, -0.05) is 6.92 Å². The molecular weight excluding hydrogens is 242 g/mol. The zero-order chi connectivity index (χ0) is 13.8. The van der Waals surface area contributed by atoms with Crippen molar-refractivity contribution in [2.75, 3.05) is 0 Å². The standard InChI is InChI=1S/C14H15N3O2/c1-3-11(14(18)19)13-16-9(2)7-12(17-13)10-5-4-6-15-8-10/h4-8,11H,3H2,1-2H3,(H,18,19). The molecule has 0 aliphatic carbocycles. The van der Waals surface area contributed by atoms with Crippen molar-refractivity contribution < 1.29 is 9.90 Å². The molecule has 5 heteroatoms. The summed E-state index contributed by atoms with van der Waals surface area (Å²) in [4.78, 5) is 23.8. The molecule has 0 saturated heterocycles. The number of carbonyl (C=O) groups is 1. The lowest BCUT2D eigenvalue weighted by atomic mass is 10.1. The zero-order valence-electron chi connectivity index (χ0n) is 10.9. The van der Waals surface area contributed by atoms with Gasteiger partial charge >= 0.3 is 5.97 Å². The number of pyridine rings is 1. The first-order chi connectivity index (χ1) is 9.11. The molecule has 1 unspecified atom stereocenters. The summed E-state index contributed by atoms with van der Waals surface area (Å²) in [6.07, 6.45) is 3.85. The van der Waals surface area contributed by atoms with Gasteiger partial charge in [0.1, 0.15) is 11.7 Å². The van der Waals surface area contributed by atoms with Crippen LogP contribution in [0.15, 0.2) is 30.6 Å². The van der Waals surface area contributed by atoms with Crippen LogP contribution in [0, 0.1) is 6.92 Å². The topological polar surface area (TPSA) is 76.0 Å². The molecule has 0 saturated carbocycles. The van der Waals surface area contributed by atoms with Gasteiger partial charge in [0, 0.05) is 23.7 Å². The molecular formula is C14H15N3O2. The quantitative estimate of drug-likeness (QED) is 0.910. The normalized spacial score (nSPS) is 12.1. The van der Waals surface area contributed by atoms with Crippen LogP contribution in [0.3, 0.4) is 0 Å². The van der Waals surface area contributed by atoms with E-state index in [-0.39, 0.29) is 0 Å². The molecule has 0 amide bonds. The first-order valence-electron chi connectivity index (χ1n) is 6.10. The minimum atomic E-state index is -0.898. The van der Waals surface area contributed by atoms with E-state index in [1.165, 1.54) is 0 Å². The fourth-order valence-corrected chi connectivity index (χ4v) is 1.88. The van der Waals surface area contributed by atoms with Crippen molar-refractivity contribution in [2.24, 2.45) is 0 Å². The van der Waals surface area contributed by atoms with Crippen molar-refractivity contribution >= 4 is 5.97 Å². The van der Waals surface area contributed by atoms with Gasteiger partial charge in [-0.3, -0.25) is 9.78 Å². The smallest absolute Gasteiger partial charge is 0.314 e. The van der Waals surface area contributed by atoms with E-state index in [0.29, 0.717) is 17.9 Å². The van der Waals surface area contributed by atoms with Crippen molar-refractivity contribution in [1.29, 1.82) is 0 Å². The molecule has 0 radical (unpaired) electrons. The maximum Gasteiger partial charge on any atom is 0.314 e. The molecule has 2 aromatic rings. The predicted molar refractivity (Wildman–Crippen MR) is 70.7 cm³/mol. The van der Waals surface area contributed by atoms with Gasteiger partial charge in [-0.2, -0.15) is 0 Å². The monoisotopic (exact) mass is 257 g/mol. The van der Waals surface area contributed by atoms with E-state index < -0.39 is 11.9 Å². The lowest BCUT2D eigenvalue weighted by Gasteiger charge is -2.11. The number of aromatic nitrogens is 3. The van der Waals surface area contributed by atoms with E-state index in [0.717, 1.165) is 11.3 Å². The van der Waals surface area contributed by atoms with Crippen LogP contribution < -0.4 is 0 Å². The SMILES string of the molecule is CCC(C(=O)O)c1nc(C)cc(-c2cccnc2)n1. The van der Waals surface area contributed by atoms with Gasteiger partial charge in [-0.25, -0.2) is 9.97 Å². The lowest BCUT2D eigenvalue weighted by molar-refractivity contribution is -0.139. The minimum absolute atomic E-state index is 0.355. The molecule has 2 heterocycles. The Morgan fingerprint density at radius 1 is 1.42 bits per heavy atom. The molecule has 2 rings (SSSR count). The van der Waals surface area contributed by atoms with E-state index in [4.69, 9.17) is 0 Å². The molecule has 1 N–H and O–H groups in total. The highest BCUT2D eigenvalue weighted by Gasteiger charge is 2.21. The van der Waals surface area contributed by atoms with Gasteiger partial charge in [-0.05, 0) is 31.5 Å². The maximum atomic E-state index is 11.2. The molecule has 1 atom stereocenters. The first-order valence-corrected chi connectivity index (χ1v) is 6.10. The minimum Gasteiger partial charge on any atom is -0.481 e. The number of carboxylic acids is 1. The Bertz CT molecular complexity index is 584. The highest BCUT2D eigenvalue weighted by Crippen LogP contribution is 2.21. The predicted octanol–water partition coefficient (Wildman–Crippen LogP) is 2.43. The average molecular weight is 257 g/mol. The summed E-state index contributed by atoms with van der Waals surface area (Å²) in [5.41, 5.74) is 2.31. The Morgan fingerprint density at radius 3 is 2.79 bits per heavy atom. The summed E-state index contributed by atoms with van der Waals surface area (Å²) >= 11 is 0. The van der Waals surface area contributed by atoms with E-state index in [1.54, 1.807) is 12.4 Å². The van der Waals surface area contributed by atoms with Crippen molar-refractivity contribution in [3.8, 4) is 11.3 Å². The van der Waals surface area contributed by atoms with Crippen LogP contribution in [0.25, 0.3) is 11.3 Å². The number of nitrogens with zero attached hydrogens (tertiary/aromatic N) is 3. The third-order valence-electron chi connectivity index (χ3n) is 2.85. The largest absolute Gasteiger partial charge is 0.481 e. The third-order valence-corrected chi connectivity index (χ3v) is 2.85. The van der Waals surface area contributed by atoms with Gasteiger partial charge in [0.2, 0.25) is 0 Å². The molecule has 0 fully saturated rings. The van der Waals surface area contributed by atoms with Crippen molar-refractivity contribution in [3.05, 3.63) is 42.1 Å². The molecule has 0 spiro atoms. The second-order valence-electron chi connectivity index (χ2n) is 4.29. The Kier molecular flexibility index (Phi) is 3.85. The van der Waals surface area contributed by atoms with Gasteiger partial charge < -0.3 is 5.11 Å².